The molecule has 0 amide bonds. The van der Waals surface area contributed by atoms with Crippen molar-refractivity contribution in [3.8, 4) is 11.3 Å². The molecule has 1 aliphatic rings. The van der Waals surface area contributed by atoms with Crippen LogP contribution in [0, 0.1) is 5.82 Å². The van der Waals surface area contributed by atoms with Crippen molar-refractivity contribution in [3.05, 3.63) is 94.6 Å². The van der Waals surface area contributed by atoms with Crippen LogP contribution in [0.4, 0.5) is 10.1 Å². The van der Waals surface area contributed by atoms with Gasteiger partial charge >= 0.3 is 0 Å². The summed E-state index contributed by atoms with van der Waals surface area (Å²) in [6, 6.07) is 16.3. The first-order chi connectivity index (χ1) is 17.5. The monoisotopic (exact) mass is 523 g/mol. The fourth-order valence-electron chi connectivity index (χ4n) is 3.62. The summed E-state index contributed by atoms with van der Waals surface area (Å²) >= 11 is 1.37. The lowest BCUT2D eigenvalue weighted by atomic mass is 10.2. The number of pyridine rings is 1. The summed E-state index contributed by atoms with van der Waals surface area (Å²) in [7, 11) is -3.59. The molecule has 0 radical (unpaired) electrons. The van der Waals surface area contributed by atoms with Crippen LogP contribution < -0.4 is 4.80 Å². The molecule has 0 aliphatic carbocycles. The van der Waals surface area contributed by atoms with Crippen LogP contribution in [0.25, 0.3) is 11.3 Å². The van der Waals surface area contributed by atoms with Gasteiger partial charge in [-0.2, -0.15) is 9.41 Å². The first-order valence-corrected chi connectivity index (χ1v) is 13.5. The summed E-state index contributed by atoms with van der Waals surface area (Å²) in [5.74, 6) is -0.323. The highest BCUT2D eigenvalue weighted by atomic mass is 32.2. The van der Waals surface area contributed by atoms with E-state index >= 15 is 0 Å². The largest absolute Gasteiger partial charge is 0.379 e. The van der Waals surface area contributed by atoms with Crippen molar-refractivity contribution < 1.29 is 17.5 Å². The van der Waals surface area contributed by atoms with E-state index in [1.807, 2.05) is 17.5 Å². The second-order valence-electron chi connectivity index (χ2n) is 7.88. The van der Waals surface area contributed by atoms with Gasteiger partial charge in [-0.15, -0.1) is 11.3 Å². The Labute approximate surface area is 211 Å². The number of aromatic nitrogens is 2. The Morgan fingerprint density at radius 2 is 1.78 bits per heavy atom. The topological polar surface area (TPSA) is 89.2 Å². The summed E-state index contributed by atoms with van der Waals surface area (Å²) in [4.78, 5) is 9.59. The van der Waals surface area contributed by atoms with Gasteiger partial charge in [0.1, 0.15) is 5.82 Å². The minimum Gasteiger partial charge on any atom is -0.379 e. The number of halogens is 1. The van der Waals surface area contributed by atoms with Crippen LogP contribution in [-0.2, 0) is 14.8 Å². The van der Waals surface area contributed by atoms with E-state index in [0.29, 0.717) is 36.8 Å². The normalized spacial score (nSPS) is 15.5. The highest BCUT2D eigenvalue weighted by Gasteiger charge is 2.26. The van der Waals surface area contributed by atoms with Gasteiger partial charge in [0.05, 0.1) is 35.7 Å². The van der Waals surface area contributed by atoms with Crippen molar-refractivity contribution >= 4 is 33.3 Å². The molecule has 5 rings (SSSR count). The Morgan fingerprint density at radius 3 is 2.47 bits per heavy atom. The summed E-state index contributed by atoms with van der Waals surface area (Å²) in [5, 5.41) is 6.50. The SMILES string of the molecule is O=S(=O)(c1ccc(N=c2scc(-c3ccc(F)cc3)n2N=Cc2cccnc2)cc1)N1CCOCC1. The van der Waals surface area contributed by atoms with Gasteiger partial charge in [0.25, 0.3) is 0 Å². The number of ether oxygens (including phenoxy) is 1. The number of hydrogen-bond donors (Lipinski definition) is 0. The molecule has 0 unspecified atom stereocenters. The van der Waals surface area contributed by atoms with Gasteiger partial charge < -0.3 is 4.74 Å². The number of hydrogen-bond acceptors (Lipinski definition) is 7. The summed E-state index contributed by atoms with van der Waals surface area (Å²) in [5.41, 5.74) is 2.91. The molecule has 0 spiro atoms. The highest BCUT2D eigenvalue weighted by Crippen LogP contribution is 2.23. The van der Waals surface area contributed by atoms with E-state index in [2.05, 4.69) is 10.1 Å². The Bertz CT molecular complexity index is 1530. The molecule has 0 saturated carbocycles. The summed E-state index contributed by atoms with van der Waals surface area (Å²) in [6.45, 7) is 1.46. The van der Waals surface area contributed by atoms with Gasteiger partial charge in [-0.25, -0.2) is 22.5 Å². The standard InChI is InChI=1S/C25H22FN5O3S2/c26-21-5-3-20(4-6-21)24-18-35-25(31(24)28-17-19-2-1-11-27-16-19)29-22-7-9-23(10-8-22)36(32,33)30-12-14-34-15-13-30/h1-11,16-18H,12-15H2. The van der Waals surface area contributed by atoms with E-state index in [9.17, 15) is 12.8 Å². The fourth-order valence-corrected chi connectivity index (χ4v) is 5.89. The third kappa shape index (κ3) is 5.34. The zero-order valence-corrected chi connectivity index (χ0v) is 20.7. The maximum Gasteiger partial charge on any atom is 0.243 e. The third-order valence-electron chi connectivity index (χ3n) is 5.50. The number of sulfonamides is 1. The Kier molecular flexibility index (Phi) is 7.14. The quantitative estimate of drug-likeness (QED) is 0.359. The van der Waals surface area contributed by atoms with Crippen molar-refractivity contribution in [1.29, 1.82) is 0 Å². The highest BCUT2D eigenvalue weighted by molar-refractivity contribution is 7.89. The van der Waals surface area contributed by atoms with Gasteiger partial charge in [-0.05, 0) is 54.6 Å². The second kappa shape index (κ2) is 10.6. The molecule has 3 heterocycles. The van der Waals surface area contributed by atoms with E-state index in [1.54, 1.807) is 59.7 Å². The molecule has 0 N–H and O–H groups in total. The summed E-state index contributed by atoms with van der Waals surface area (Å²) in [6.07, 6.45) is 5.05. The van der Waals surface area contributed by atoms with Gasteiger partial charge in [0, 0.05) is 42.0 Å². The van der Waals surface area contributed by atoms with E-state index < -0.39 is 10.0 Å². The van der Waals surface area contributed by atoms with Crippen LogP contribution in [0.2, 0.25) is 0 Å². The number of benzene rings is 2. The van der Waals surface area contributed by atoms with Crippen molar-refractivity contribution in [1.82, 2.24) is 14.0 Å². The van der Waals surface area contributed by atoms with E-state index in [1.165, 1.54) is 27.8 Å². The predicted molar refractivity (Wildman–Crippen MR) is 136 cm³/mol. The molecule has 1 saturated heterocycles. The Balaban J connectivity index is 1.51. The van der Waals surface area contributed by atoms with Gasteiger partial charge in [-0.3, -0.25) is 4.98 Å². The zero-order valence-electron chi connectivity index (χ0n) is 19.1. The Morgan fingerprint density at radius 1 is 1.03 bits per heavy atom. The molecule has 11 heteroatoms. The lowest BCUT2D eigenvalue weighted by molar-refractivity contribution is 0.0730. The Hall–Kier alpha value is -3.51. The molecule has 0 bridgehead atoms. The van der Waals surface area contributed by atoms with Crippen LogP contribution in [0.1, 0.15) is 5.56 Å². The average Bonchev–Trinajstić information content (AvgIpc) is 3.31. The molecule has 8 nitrogen and oxygen atoms in total. The average molecular weight is 524 g/mol. The maximum absolute atomic E-state index is 13.5. The molecule has 2 aromatic heterocycles. The van der Waals surface area contributed by atoms with Gasteiger partial charge in [0.15, 0.2) is 0 Å². The second-order valence-corrected chi connectivity index (χ2v) is 10.6. The van der Waals surface area contributed by atoms with Crippen molar-refractivity contribution in [2.24, 2.45) is 10.1 Å². The molecule has 1 fully saturated rings. The zero-order chi connectivity index (χ0) is 25.0. The number of morpholine rings is 1. The first-order valence-electron chi connectivity index (χ1n) is 11.1. The molecule has 2 aromatic carbocycles. The van der Waals surface area contributed by atoms with Crippen LogP contribution in [-0.4, -0.2) is 54.9 Å². The van der Waals surface area contributed by atoms with Gasteiger partial charge in [0.2, 0.25) is 14.8 Å². The maximum atomic E-state index is 13.5. The smallest absolute Gasteiger partial charge is 0.243 e. The molecular weight excluding hydrogens is 501 g/mol. The molecule has 36 heavy (non-hydrogen) atoms. The van der Waals surface area contributed by atoms with E-state index in [-0.39, 0.29) is 10.7 Å². The predicted octanol–water partition coefficient (Wildman–Crippen LogP) is 3.89. The van der Waals surface area contributed by atoms with E-state index in [4.69, 9.17) is 9.73 Å². The fraction of sp³-hybridized carbons (Fsp3) is 0.160. The van der Waals surface area contributed by atoms with Crippen molar-refractivity contribution in [2.75, 3.05) is 26.3 Å². The van der Waals surface area contributed by atoms with Crippen LogP contribution in [0.15, 0.2) is 93.4 Å². The number of nitrogens with zero attached hydrogens (tertiary/aromatic N) is 5. The number of thiazole rings is 1. The molecule has 1 aliphatic heterocycles. The lowest BCUT2D eigenvalue weighted by Gasteiger charge is -2.26. The van der Waals surface area contributed by atoms with Crippen LogP contribution in [0.5, 0.6) is 0 Å². The number of rotatable bonds is 6. The third-order valence-corrected chi connectivity index (χ3v) is 8.23. The molecular formula is C25H22FN5O3S2. The minimum absolute atomic E-state index is 0.212. The van der Waals surface area contributed by atoms with Crippen LogP contribution in [0.3, 0.4) is 0 Å². The van der Waals surface area contributed by atoms with Crippen molar-refractivity contribution in [2.45, 2.75) is 4.90 Å². The molecule has 4 aromatic rings. The minimum atomic E-state index is -3.59. The van der Waals surface area contributed by atoms with Crippen LogP contribution >= 0.6 is 11.3 Å². The molecule has 184 valence electrons. The lowest BCUT2D eigenvalue weighted by Crippen LogP contribution is -2.40. The molecule has 0 atom stereocenters. The van der Waals surface area contributed by atoms with E-state index in [0.717, 1.165) is 16.8 Å². The first kappa shape index (κ1) is 24.2. The van der Waals surface area contributed by atoms with Gasteiger partial charge in [-0.1, -0.05) is 6.07 Å². The summed E-state index contributed by atoms with van der Waals surface area (Å²) < 4.78 is 47.7. The van der Waals surface area contributed by atoms with Crippen molar-refractivity contribution in [3.63, 3.8) is 0 Å².